The van der Waals surface area contributed by atoms with Crippen LogP contribution in [0.1, 0.15) is 12.0 Å². The molecule has 6 nitrogen and oxygen atoms in total. The Morgan fingerprint density at radius 2 is 1.45 bits per heavy atom. The molecular weight excluding hydrogens is 438 g/mol. The second kappa shape index (κ2) is 10.0. The maximum absolute atomic E-state index is 13.0. The van der Waals surface area contributed by atoms with Gasteiger partial charge in [-0.15, -0.1) is 0 Å². The van der Waals surface area contributed by atoms with Crippen LogP contribution in [0.4, 0.5) is 5.69 Å². The lowest BCUT2D eigenvalue weighted by molar-refractivity contribution is -0.147. The molecule has 1 aliphatic heterocycles. The molecule has 1 atom stereocenters. The Bertz CT molecular complexity index is 1210. The summed E-state index contributed by atoms with van der Waals surface area (Å²) < 4.78 is 29.2. The molecular formula is C26H25NO5S. The van der Waals surface area contributed by atoms with Gasteiger partial charge in [-0.05, 0) is 35.2 Å². The summed E-state index contributed by atoms with van der Waals surface area (Å²) in [7, 11) is -3.18. The van der Waals surface area contributed by atoms with Crippen LogP contribution >= 0.6 is 0 Å². The Balaban J connectivity index is 1.37. The lowest BCUT2D eigenvalue weighted by Crippen LogP contribution is -2.43. The minimum absolute atomic E-state index is 0.0471. The van der Waals surface area contributed by atoms with Crippen LogP contribution in [0, 0.1) is 0 Å². The number of para-hydroxylation sites is 1. The number of esters is 1. The zero-order valence-electron chi connectivity index (χ0n) is 18.1. The number of ether oxygens (including phenoxy) is 1. The largest absolute Gasteiger partial charge is 0.455 e. The van der Waals surface area contributed by atoms with Crippen LogP contribution in [0.5, 0.6) is 0 Å². The molecule has 3 aromatic carbocycles. The van der Waals surface area contributed by atoms with Gasteiger partial charge in [0.1, 0.15) is 0 Å². The zero-order valence-corrected chi connectivity index (χ0v) is 18.9. The van der Waals surface area contributed by atoms with Gasteiger partial charge in [0.2, 0.25) is 0 Å². The summed E-state index contributed by atoms with van der Waals surface area (Å²) in [4.78, 5) is 26.8. The maximum Gasteiger partial charge on any atom is 0.310 e. The maximum atomic E-state index is 13.0. The van der Waals surface area contributed by atoms with E-state index in [1.807, 2.05) is 60.7 Å². The standard InChI is InChI=1S/C26H25NO5S/c28-25(27(23-9-5-2-6-10-23)24-15-16-33(30,31)19-24)18-32-26(29)17-20-11-13-22(14-12-20)21-7-3-1-4-8-21/h1-14,24H,15-19H2. The summed E-state index contributed by atoms with van der Waals surface area (Å²) in [6.45, 7) is -0.438. The number of hydrogen-bond donors (Lipinski definition) is 0. The Labute approximate surface area is 193 Å². The number of hydrogen-bond acceptors (Lipinski definition) is 5. The van der Waals surface area contributed by atoms with Gasteiger partial charge in [-0.3, -0.25) is 9.59 Å². The number of benzene rings is 3. The molecule has 33 heavy (non-hydrogen) atoms. The molecule has 0 saturated carbocycles. The highest BCUT2D eigenvalue weighted by Crippen LogP contribution is 2.25. The number of carbonyl (C=O) groups is 2. The van der Waals surface area contributed by atoms with Crippen molar-refractivity contribution < 1.29 is 22.7 Å². The molecule has 0 bridgehead atoms. The van der Waals surface area contributed by atoms with Crippen molar-refractivity contribution in [1.82, 2.24) is 0 Å². The summed E-state index contributed by atoms with van der Waals surface area (Å²) in [5, 5.41) is 0. The summed E-state index contributed by atoms with van der Waals surface area (Å²) in [5.74, 6) is -0.985. The SMILES string of the molecule is O=C(Cc1ccc(-c2ccccc2)cc1)OCC(=O)N(c1ccccc1)C1CCS(=O)(=O)C1. The first-order chi connectivity index (χ1) is 15.9. The average molecular weight is 464 g/mol. The quantitative estimate of drug-likeness (QED) is 0.500. The van der Waals surface area contributed by atoms with Crippen molar-refractivity contribution >= 4 is 27.4 Å². The molecule has 0 aliphatic carbocycles. The Kier molecular flexibility index (Phi) is 6.89. The molecule has 3 aromatic rings. The van der Waals surface area contributed by atoms with Gasteiger partial charge >= 0.3 is 5.97 Å². The first kappa shape index (κ1) is 22.7. The highest BCUT2D eigenvalue weighted by molar-refractivity contribution is 7.91. The number of anilines is 1. The number of nitrogens with zero attached hydrogens (tertiary/aromatic N) is 1. The van der Waals surface area contributed by atoms with Crippen molar-refractivity contribution in [3.8, 4) is 11.1 Å². The summed E-state index contributed by atoms with van der Waals surface area (Å²) in [5.41, 5.74) is 3.52. The first-order valence-corrected chi connectivity index (χ1v) is 12.6. The fourth-order valence-electron chi connectivity index (χ4n) is 4.00. The molecule has 1 fully saturated rings. The molecule has 0 spiro atoms. The van der Waals surface area contributed by atoms with E-state index in [0.29, 0.717) is 12.1 Å². The number of rotatable bonds is 7. The molecule has 170 valence electrons. The van der Waals surface area contributed by atoms with E-state index in [4.69, 9.17) is 4.74 Å². The van der Waals surface area contributed by atoms with Crippen molar-refractivity contribution in [3.63, 3.8) is 0 Å². The van der Waals surface area contributed by atoms with Gasteiger partial charge in [-0.25, -0.2) is 8.42 Å². The van der Waals surface area contributed by atoms with E-state index in [-0.39, 0.29) is 17.9 Å². The molecule has 1 aliphatic rings. The molecule has 0 aromatic heterocycles. The van der Waals surface area contributed by atoms with Gasteiger partial charge < -0.3 is 9.64 Å². The van der Waals surface area contributed by atoms with Gasteiger partial charge in [0, 0.05) is 5.69 Å². The normalized spacial score (nSPS) is 16.8. The van der Waals surface area contributed by atoms with Crippen molar-refractivity contribution in [3.05, 3.63) is 90.5 Å². The van der Waals surface area contributed by atoms with E-state index in [9.17, 15) is 18.0 Å². The highest BCUT2D eigenvalue weighted by atomic mass is 32.2. The average Bonchev–Trinajstić information content (AvgIpc) is 3.18. The summed E-state index contributed by atoms with van der Waals surface area (Å²) in [6.07, 6.45) is 0.413. The van der Waals surface area contributed by atoms with E-state index in [1.54, 1.807) is 24.3 Å². The number of sulfone groups is 1. The van der Waals surface area contributed by atoms with Crippen molar-refractivity contribution in [2.45, 2.75) is 18.9 Å². The van der Waals surface area contributed by atoms with E-state index >= 15 is 0 Å². The predicted octanol–water partition coefficient (Wildman–Crippen LogP) is 3.66. The number of carbonyl (C=O) groups excluding carboxylic acids is 2. The topological polar surface area (TPSA) is 80.8 Å². The molecule has 1 heterocycles. The van der Waals surface area contributed by atoms with E-state index in [1.165, 1.54) is 4.90 Å². The lowest BCUT2D eigenvalue weighted by Gasteiger charge is -2.28. The third-order valence-corrected chi connectivity index (χ3v) is 7.39. The molecule has 1 unspecified atom stereocenters. The second-order valence-electron chi connectivity index (χ2n) is 8.06. The summed E-state index contributed by atoms with van der Waals surface area (Å²) >= 11 is 0. The van der Waals surface area contributed by atoms with Gasteiger partial charge in [-0.2, -0.15) is 0 Å². The highest BCUT2D eigenvalue weighted by Gasteiger charge is 2.35. The van der Waals surface area contributed by atoms with Crippen LogP contribution in [0.2, 0.25) is 0 Å². The second-order valence-corrected chi connectivity index (χ2v) is 10.3. The molecule has 4 rings (SSSR count). The predicted molar refractivity (Wildman–Crippen MR) is 128 cm³/mol. The van der Waals surface area contributed by atoms with Gasteiger partial charge in [0.15, 0.2) is 16.4 Å². The van der Waals surface area contributed by atoms with Gasteiger partial charge in [0.05, 0.1) is 24.0 Å². The van der Waals surface area contributed by atoms with Crippen LogP contribution in [0.15, 0.2) is 84.9 Å². The lowest BCUT2D eigenvalue weighted by atomic mass is 10.0. The Morgan fingerprint density at radius 1 is 0.848 bits per heavy atom. The van der Waals surface area contributed by atoms with Crippen molar-refractivity contribution in [1.29, 1.82) is 0 Å². The smallest absolute Gasteiger partial charge is 0.310 e. The van der Waals surface area contributed by atoms with Crippen molar-refractivity contribution in [2.24, 2.45) is 0 Å². The van der Waals surface area contributed by atoms with E-state index in [2.05, 4.69) is 0 Å². The molecule has 7 heteroatoms. The zero-order chi connectivity index (χ0) is 23.3. The first-order valence-electron chi connectivity index (χ1n) is 10.8. The number of amides is 1. The van der Waals surface area contributed by atoms with Gasteiger partial charge in [0.25, 0.3) is 5.91 Å². The van der Waals surface area contributed by atoms with E-state index < -0.39 is 34.4 Å². The van der Waals surface area contributed by atoms with Crippen LogP contribution in [-0.2, 0) is 30.6 Å². The minimum Gasteiger partial charge on any atom is -0.455 e. The fraction of sp³-hybridized carbons (Fsp3) is 0.231. The van der Waals surface area contributed by atoms with Gasteiger partial charge in [-0.1, -0.05) is 72.8 Å². The molecule has 1 amide bonds. The van der Waals surface area contributed by atoms with Crippen LogP contribution < -0.4 is 4.90 Å². The third-order valence-electron chi connectivity index (χ3n) is 5.64. The Morgan fingerprint density at radius 3 is 2.06 bits per heavy atom. The summed E-state index contributed by atoms with van der Waals surface area (Å²) in [6, 6.07) is 26.0. The van der Waals surface area contributed by atoms with Crippen molar-refractivity contribution in [2.75, 3.05) is 23.0 Å². The fourth-order valence-corrected chi connectivity index (χ4v) is 5.70. The third kappa shape index (κ3) is 5.87. The van der Waals surface area contributed by atoms with Crippen LogP contribution in [-0.4, -0.2) is 44.4 Å². The molecule has 1 saturated heterocycles. The molecule has 0 radical (unpaired) electrons. The van der Waals surface area contributed by atoms with Crippen LogP contribution in [0.25, 0.3) is 11.1 Å². The minimum atomic E-state index is -3.18. The molecule has 0 N–H and O–H groups in total. The Hall–Kier alpha value is -3.45. The van der Waals surface area contributed by atoms with E-state index in [0.717, 1.165) is 16.7 Å². The van der Waals surface area contributed by atoms with Crippen LogP contribution in [0.3, 0.4) is 0 Å². The monoisotopic (exact) mass is 463 g/mol.